The van der Waals surface area contributed by atoms with Crippen molar-refractivity contribution in [1.82, 2.24) is 10.2 Å². The molecule has 5 heteroatoms. The molecule has 1 aliphatic heterocycles. The number of morpholine rings is 1. The minimum absolute atomic E-state index is 0.0576. The molecule has 0 saturated carbocycles. The van der Waals surface area contributed by atoms with Crippen molar-refractivity contribution in [3.63, 3.8) is 0 Å². The number of nitrogens with zero attached hydrogens (tertiary/aromatic N) is 3. The molecule has 4 nitrogen and oxygen atoms in total. The first-order valence-corrected chi connectivity index (χ1v) is 6.16. The molecular weight excluding hydrogens is 238 g/mol. The Kier molecular flexibility index (Phi) is 3.27. The second-order valence-corrected chi connectivity index (χ2v) is 5.44. The topological polar surface area (TPSA) is 38.2 Å². The first kappa shape index (κ1) is 12.6. The van der Waals surface area contributed by atoms with E-state index in [-0.39, 0.29) is 5.54 Å². The Morgan fingerprint density at radius 1 is 1.24 bits per heavy atom. The van der Waals surface area contributed by atoms with Crippen molar-refractivity contribution in [3.8, 4) is 0 Å². The van der Waals surface area contributed by atoms with Crippen LogP contribution in [0.15, 0.2) is 0 Å². The van der Waals surface area contributed by atoms with Gasteiger partial charge in [-0.05, 0) is 38.8 Å². The van der Waals surface area contributed by atoms with E-state index in [0.717, 1.165) is 30.1 Å². The van der Waals surface area contributed by atoms with Gasteiger partial charge in [0.1, 0.15) is 0 Å². The Bertz CT molecular complexity index is 434. The molecule has 0 amide bonds. The summed E-state index contributed by atoms with van der Waals surface area (Å²) in [6, 6.07) is 0. The van der Waals surface area contributed by atoms with Gasteiger partial charge in [-0.15, -0.1) is 10.2 Å². The van der Waals surface area contributed by atoms with Crippen LogP contribution < -0.4 is 4.90 Å². The number of aromatic nitrogens is 2. The molecule has 17 heavy (non-hydrogen) atoms. The predicted molar refractivity (Wildman–Crippen MR) is 68.8 cm³/mol. The first-order valence-electron chi connectivity index (χ1n) is 5.78. The van der Waals surface area contributed by atoms with Crippen molar-refractivity contribution in [2.75, 3.05) is 24.7 Å². The fraction of sp³-hybridized carbons (Fsp3) is 0.667. The Morgan fingerprint density at radius 2 is 1.94 bits per heavy atom. The van der Waals surface area contributed by atoms with Gasteiger partial charge in [-0.3, -0.25) is 0 Å². The number of rotatable bonds is 1. The second kappa shape index (κ2) is 4.42. The molecular formula is C12H18ClN3O. The van der Waals surface area contributed by atoms with Gasteiger partial charge in [0.15, 0.2) is 11.0 Å². The summed E-state index contributed by atoms with van der Waals surface area (Å²) in [6.07, 6.45) is 0. The molecule has 0 aliphatic carbocycles. The van der Waals surface area contributed by atoms with Crippen molar-refractivity contribution in [1.29, 1.82) is 0 Å². The summed E-state index contributed by atoms with van der Waals surface area (Å²) in [5.74, 6) is 0.917. The molecule has 0 spiro atoms. The largest absolute Gasteiger partial charge is 0.377 e. The summed E-state index contributed by atoms with van der Waals surface area (Å²) in [4.78, 5) is 2.25. The van der Waals surface area contributed by atoms with E-state index in [1.807, 2.05) is 13.8 Å². The van der Waals surface area contributed by atoms with Crippen LogP contribution in [0.2, 0.25) is 5.15 Å². The van der Waals surface area contributed by atoms with Gasteiger partial charge < -0.3 is 9.64 Å². The molecule has 0 bridgehead atoms. The Hall–Kier alpha value is -0.870. The van der Waals surface area contributed by atoms with Crippen molar-refractivity contribution < 1.29 is 4.74 Å². The highest BCUT2D eigenvalue weighted by Gasteiger charge is 2.33. The lowest BCUT2D eigenvalue weighted by atomic mass is 10.0. The third-order valence-electron chi connectivity index (χ3n) is 3.34. The molecule has 0 atom stereocenters. The Labute approximate surface area is 107 Å². The molecule has 1 aliphatic rings. The Balaban J connectivity index is 2.43. The van der Waals surface area contributed by atoms with Crippen LogP contribution in [-0.2, 0) is 4.74 Å². The van der Waals surface area contributed by atoms with Gasteiger partial charge >= 0.3 is 0 Å². The van der Waals surface area contributed by atoms with Crippen LogP contribution in [0.5, 0.6) is 0 Å². The molecule has 0 aromatic carbocycles. The van der Waals surface area contributed by atoms with E-state index in [1.165, 1.54) is 0 Å². The lowest BCUT2D eigenvalue weighted by Crippen LogP contribution is -2.53. The van der Waals surface area contributed by atoms with Crippen LogP contribution >= 0.6 is 11.6 Å². The summed E-state index contributed by atoms with van der Waals surface area (Å²) in [6.45, 7) is 10.6. The zero-order valence-electron chi connectivity index (χ0n) is 10.7. The van der Waals surface area contributed by atoms with E-state index in [2.05, 4.69) is 28.9 Å². The van der Waals surface area contributed by atoms with Crippen LogP contribution in [0, 0.1) is 13.8 Å². The summed E-state index contributed by atoms with van der Waals surface area (Å²) < 4.78 is 5.51. The quantitative estimate of drug-likeness (QED) is 0.772. The van der Waals surface area contributed by atoms with Crippen LogP contribution in [-0.4, -0.2) is 35.5 Å². The van der Waals surface area contributed by atoms with E-state index in [9.17, 15) is 0 Å². The van der Waals surface area contributed by atoms with Gasteiger partial charge in [-0.2, -0.15) is 0 Å². The molecule has 94 valence electrons. The van der Waals surface area contributed by atoms with Crippen LogP contribution in [0.25, 0.3) is 0 Å². The highest BCUT2D eigenvalue weighted by atomic mass is 35.5. The van der Waals surface area contributed by atoms with Gasteiger partial charge in [0.2, 0.25) is 0 Å². The van der Waals surface area contributed by atoms with E-state index in [1.54, 1.807) is 0 Å². The zero-order valence-corrected chi connectivity index (χ0v) is 11.5. The van der Waals surface area contributed by atoms with Crippen LogP contribution in [0.3, 0.4) is 0 Å². The van der Waals surface area contributed by atoms with Crippen molar-refractivity contribution in [3.05, 3.63) is 16.3 Å². The molecule has 1 aromatic rings. The van der Waals surface area contributed by atoms with Gasteiger partial charge in [0.25, 0.3) is 0 Å². The first-order chi connectivity index (χ1) is 7.93. The fourth-order valence-corrected chi connectivity index (χ4v) is 2.25. The average Bonchev–Trinajstić information content (AvgIpc) is 2.27. The molecule has 0 radical (unpaired) electrons. The predicted octanol–water partition coefficient (Wildman–Crippen LogP) is 2.36. The number of hydrogen-bond donors (Lipinski definition) is 0. The molecule has 2 heterocycles. The van der Waals surface area contributed by atoms with Gasteiger partial charge in [-0.25, -0.2) is 0 Å². The maximum Gasteiger partial charge on any atom is 0.155 e. The summed E-state index contributed by atoms with van der Waals surface area (Å²) in [5, 5.41) is 8.74. The average molecular weight is 256 g/mol. The number of anilines is 1. The highest BCUT2D eigenvalue weighted by molar-refractivity contribution is 6.30. The maximum atomic E-state index is 5.98. The minimum atomic E-state index is -0.0576. The molecule has 2 rings (SSSR count). The second-order valence-electron chi connectivity index (χ2n) is 5.08. The summed E-state index contributed by atoms with van der Waals surface area (Å²) in [7, 11) is 0. The fourth-order valence-electron chi connectivity index (χ4n) is 2.07. The molecule has 0 unspecified atom stereocenters. The lowest BCUT2D eigenvalue weighted by molar-refractivity contribution is 0.0637. The van der Waals surface area contributed by atoms with E-state index >= 15 is 0 Å². The molecule has 1 saturated heterocycles. The van der Waals surface area contributed by atoms with Crippen molar-refractivity contribution in [2.24, 2.45) is 0 Å². The van der Waals surface area contributed by atoms with Crippen molar-refractivity contribution in [2.45, 2.75) is 33.2 Å². The normalized spacial score (nSPS) is 19.5. The number of halogens is 1. The maximum absolute atomic E-state index is 5.98. The molecule has 1 aromatic heterocycles. The molecule has 0 N–H and O–H groups in total. The van der Waals surface area contributed by atoms with E-state index in [0.29, 0.717) is 11.8 Å². The van der Waals surface area contributed by atoms with Crippen molar-refractivity contribution >= 4 is 17.4 Å². The summed E-state index contributed by atoms with van der Waals surface area (Å²) in [5.41, 5.74) is 2.04. The SMILES string of the molecule is Cc1c(Cl)nnc(N2CCOCC2(C)C)c1C. The zero-order chi connectivity index (χ0) is 12.6. The smallest absolute Gasteiger partial charge is 0.155 e. The third-order valence-corrected chi connectivity index (χ3v) is 3.70. The third kappa shape index (κ3) is 2.24. The van der Waals surface area contributed by atoms with Gasteiger partial charge in [-0.1, -0.05) is 11.6 Å². The van der Waals surface area contributed by atoms with Gasteiger partial charge in [0.05, 0.1) is 18.8 Å². The summed E-state index contributed by atoms with van der Waals surface area (Å²) >= 11 is 5.98. The standard InChI is InChI=1S/C12H18ClN3O/c1-8-9(2)11(15-14-10(8)13)16-5-6-17-7-12(16,3)4/h5-7H2,1-4H3. The number of hydrogen-bond acceptors (Lipinski definition) is 4. The minimum Gasteiger partial charge on any atom is -0.377 e. The monoisotopic (exact) mass is 255 g/mol. The lowest BCUT2D eigenvalue weighted by Gasteiger charge is -2.43. The Morgan fingerprint density at radius 3 is 2.59 bits per heavy atom. The van der Waals surface area contributed by atoms with Gasteiger partial charge in [0, 0.05) is 6.54 Å². The van der Waals surface area contributed by atoms with E-state index < -0.39 is 0 Å². The molecule has 1 fully saturated rings. The van der Waals surface area contributed by atoms with E-state index in [4.69, 9.17) is 16.3 Å². The van der Waals surface area contributed by atoms with Crippen LogP contribution in [0.1, 0.15) is 25.0 Å². The number of ether oxygens (including phenoxy) is 1. The highest BCUT2D eigenvalue weighted by Crippen LogP contribution is 2.30. The van der Waals surface area contributed by atoms with Crippen LogP contribution in [0.4, 0.5) is 5.82 Å².